The van der Waals surface area contributed by atoms with Crippen LogP contribution in [0.4, 0.5) is 10.5 Å². The molecule has 1 atom stereocenters. The molecule has 1 aromatic carbocycles. The lowest BCUT2D eigenvalue weighted by Crippen LogP contribution is -2.44. The van der Waals surface area contributed by atoms with Gasteiger partial charge in [0.25, 0.3) is 0 Å². The van der Waals surface area contributed by atoms with Gasteiger partial charge in [-0.1, -0.05) is 13.3 Å². The average molecular weight is 341 g/mol. The highest BCUT2D eigenvalue weighted by Crippen LogP contribution is 2.32. The molecular formula is C20H27N3O2. The summed E-state index contributed by atoms with van der Waals surface area (Å²) in [5.74, 6) is 0.815. The molecule has 134 valence electrons. The van der Waals surface area contributed by atoms with Crippen LogP contribution in [0.5, 0.6) is 5.75 Å². The SMILES string of the molecule is CCC[C@@H]1c2ccc(C)n2CCN1C(=O)Nc1ccc(OCC)cc1. The minimum atomic E-state index is -0.0345. The molecule has 0 unspecified atom stereocenters. The summed E-state index contributed by atoms with van der Waals surface area (Å²) in [6, 6.07) is 11.9. The molecule has 1 aliphatic heterocycles. The number of nitrogens with one attached hydrogen (secondary N) is 1. The summed E-state index contributed by atoms with van der Waals surface area (Å²) in [5, 5.41) is 3.03. The lowest BCUT2D eigenvalue weighted by Gasteiger charge is -2.37. The minimum absolute atomic E-state index is 0.0345. The molecule has 0 spiro atoms. The Labute approximate surface area is 149 Å². The third-order valence-corrected chi connectivity index (χ3v) is 4.75. The van der Waals surface area contributed by atoms with Crippen LogP contribution in [0.25, 0.3) is 0 Å². The van der Waals surface area contributed by atoms with Crippen molar-refractivity contribution in [3.8, 4) is 5.75 Å². The highest BCUT2D eigenvalue weighted by atomic mass is 16.5. The van der Waals surface area contributed by atoms with Crippen LogP contribution in [0.15, 0.2) is 36.4 Å². The van der Waals surface area contributed by atoms with E-state index in [1.165, 1.54) is 11.4 Å². The quantitative estimate of drug-likeness (QED) is 0.865. The standard InChI is InChI=1S/C20H27N3O2/c1-4-6-18-19-12-7-15(3)22(19)13-14-23(18)20(24)21-16-8-10-17(11-9-16)25-5-2/h7-12,18H,4-6,13-14H2,1-3H3,(H,21,24)/t18-/m1/s1. The van der Waals surface area contributed by atoms with Gasteiger partial charge in [0.15, 0.2) is 0 Å². The second-order valence-corrected chi connectivity index (χ2v) is 6.44. The zero-order chi connectivity index (χ0) is 17.8. The Morgan fingerprint density at radius 1 is 1.16 bits per heavy atom. The fourth-order valence-corrected chi connectivity index (χ4v) is 3.53. The Kier molecular flexibility index (Phi) is 5.31. The molecule has 2 heterocycles. The van der Waals surface area contributed by atoms with Crippen LogP contribution < -0.4 is 10.1 Å². The van der Waals surface area contributed by atoms with E-state index in [4.69, 9.17) is 4.74 Å². The van der Waals surface area contributed by atoms with Gasteiger partial charge < -0.3 is 19.5 Å². The number of aromatic nitrogens is 1. The first kappa shape index (κ1) is 17.4. The first-order valence-corrected chi connectivity index (χ1v) is 9.10. The molecule has 0 saturated carbocycles. The fourth-order valence-electron chi connectivity index (χ4n) is 3.53. The highest BCUT2D eigenvalue weighted by molar-refractivity contribution is 5.89. The maximum absolute atomic E-state index is 12.9. The molecule has 3 rings (SSSR count). The van der Waals surface area contributed by atoms with Crippen molar-refractivity contribution in [3.63, 3.8) is 0 Å². The summed E-state index contributed by atoms with van der Waals surface area (Å²) in [5.41, 5.74) is 3.30. The first-order valence-electron chi connectivity index (χ1n) is 9.10. The molecule has 1 aromatic heterocycles. The number of amides is 2. The molecule has 1 aliphatic rings. The Morgan fingerprint density at radius 2 is 1.92 bits per heavy atom. The van der Waals surface area contributed by atoms with Crippen LogP contribution in [0.2, 0.25) is 0 Å². The lowest BCUT2D eigenvalue weighted by molar-refractivity contribution is 0.162. The summed E-state index contributed by atoms with van der Waals surface area (Å²) >= 11 is 0. The summed E-state index contributed by atoms with van der Waals surface area (Å²) in [6.45, 7) is 8.47. The number of urea groups is 1. The predicted molar refractivity (Wildman–Crippen MR) is 100 cm³/mol. The van der Waals surface area contributed by atoms with E-state index < -0.39 is 0 Å². The summed E-state index contributed by atoms with van der Waals surface area (Å²) in [4.78, 5) is 14.8. The highest BCUT2D eigenvalue weighted by Gasteiger charge is 2.31. The Balaban J connectivity index is 1.74. The van der Waals surface area contributed by atoms with Crippen molar-refractivity contribution in [2.24, 2.45) is 0 Å². The van der Waals surface area contributed by atoms with Gasteiger partial charge in [0.1, 0.15) is 5.75 Å². The van der Waals surface area contributed by atoms with E-state index in [1.807, 2.05) is 36.1 Å². The van der Waals surface area contributed by atoms with Crippen LogP contribution in [0.1, 0.15) is 44.1 Å². The molecule has 2 amide bonds. The summed E-state index contributed by atoms with van der Waals surface area (Å²) in [6.07, 6.45) is 2.02. The lowest BCUT2D eigenvalue weighted by atomic mass is 10.0. The molecule has 0 fully saturated rings. The third-order valence-electron chi connectivity index (χ3n) is 4.75. The van der Waals surface area contributed by atoms with E-state index in [0.29, 0.717) is 6.61 Å². The fraction of sp³-hybridized carbons (Fsp3) is 0.450. The van der Waals surface area contributed by atoms with E-state index in [1.54, 1.807) is 0 Å². The number of hydrogen-bond donors (Lipinski definition) is 1. The van der Waals surface area contributed by atoms with Crippen LogP contribution in [-0.4, -0.2) is 28.6 Å². The zero-order valence-corrected chi connectivity index (χ0v) is 15.3. The van der Waals surface area contributed by atoms with Crippen LogP contribution >= 0.6 is 0 Å². The smallest absolute Gasteiger partial charge is 0.322 e. The second-order valence-electron chi connectivity index (χ2n) is 6.44. The number of anilines is 1. The normalized spacial score (nSPS) is 16.4. The van der Waals surface area contributed by atoms with Crippen molar-refractivity contribution in [1.29, 1.82) is 0 Å². The monoisotopic (exact) mass is 341 g/mol. The predicted octanol–water partition coefficient (Wildman–Crippen LogP) is 4.58. The number of rotatable bonds is 5. The van der Waals surface area contributed by atoms with Gasteiger partial charge in [-0.05, 0) is 56.7 Å². The van der Waals surface area contributed by atoms with E-state index in [2.05, 4.69) is 35.9 Å². The second kappa shape index (κ2) is 7.64. The number of hydrogen-bond acceptors (Lipinski definition) is 2. The molecule has 5 nitrogen and oxygen atoms in total. The average Bonchev–Trinajstić information content (AvgIpc) is 2.99. The largest absolute Gasteiger partial charge is 0.494 e. The van der Waals surface area contributed by atoms with Crippen LogP contribution in [-0.2, 0) is 6.54 Å². The minimum Gasteiger partial charge on any atom is -0.494 e. The molecule has 25 heavy (non-hydrogen) atoms. The van der Waals surface area contributed by atoms with Crippen molar-refractivity contribution in [3.05, 3.63) is 47.8 Å². The van der Waals surface area contributed by atoms with Gasteiger partial charge in [-0.15, -0.1) is 0 Å². The zero-order valence-electron chi connectivity index (χ0n) is 15.3. The van der Waals surface area contributed by atoms with E-state index in [-0.39, 0.29) is 12.1 Å². The third kappa shape index (κ3) is 3.65. The van der Waals surface area contributed by atoms with Crippen molar-refractivity contribution in [1.82, 2.24) is 9.47 Å². The Hall–Kier alpha value is -2.43. The van der Waals surface area contributed by atoms with Crippen molar-refractivity contribution in [2.45, 2.75) is 46.2 Å². The van der Waals surface area contributed by atoms with Gasteiger partial charge in [0.05, 0.1) is 12.6 Å². The van der Waals surface area contributed by atoms with Gasteiger partial charge in [0, 0.05) is 30.2 Å². The number of carbonyl (C=O) groups excluding carboxylic acids is 1. The molecule has 0 aliphatic carbocycles. The van der Waals surface area contributed by atoms with Crippen molar-refractivity contribution >= 4 is 11.7 Å². The number of ether oxygens (including phenoxy) is 1. The van der Waals surface area contributed by atoms with Crippen LogP contribution in [0, 0.1) is 6.92 Å². The molecule has 5 heteroatoms. The number of benzene rings is 1. The van der Waals surface area contributed by atoms with Crippen molar-refractivity contribution < 1.29 is 9.53 Å². The maximum atomic E-state index is 12.9. The molecule has 2 aromatic rings. The van der Waals surface area contributed by atoms with Gasteiger partial charge >= 0.3 is 6.03 Å². The molecule has 0 bridgehead atoms. The number of aryl methyl sites for hydroxylation is 1. The van der Waals surface area contributed by atoms with Crippen molar-refractivity contribution in [2.75, 3.05) is 18.5 Å². The maximum Gasteiger partial charge on any atom is 0.322 e. The van der Waals surface area contributed by atoms with Crippen LogP contribution in [0.3, 0.4) is 0 Å². The van der Waals surface area contributed by atoms with E-state index in [0.717, 1.165) is 37.4 Å². The summed E-state index contributed by atoms with van der Waals surface area (Å²) in [7, 11) is 0. The number of carbonyl (C=O) groups is 1. The Morgan fingerprint density at radius 3 is 2.60 bits per heavy atom. The molecule has 1 N–H and O–H groups in total. The van der Waals surface area contributed by atoms with Gasteiger partial charge in [0.2, 0.25) is 0 Å². The van der Waals surface area contributed by atoms with E-state index in [9.17, 15) is 4.79 Å². The first-order chi connectivity index (χ1) is 12.1. The van der Waals surface area contributed by atoms with Gasteiger partial charge in [-0.25, -0.2) is 4.79 Å². The molecular weight excluding hydrogens is 314 g/mol. The number of fused-ring (bicyclic) bond motifs is 1. The summed E-state index contributed by atoms with van der Waals surface area (Å²) < 4.78 is 7.78. The molecule has 0 saturated heterocycles. The van der Waals surface area contributed by atoms with E-state index >= 15 is 0 Å². The number of nitrogens with zero attached hydrogens (tertiary/aromatic N) is 2. The van der Waals surface area contributed by atoms with Gasteiger partial charge in [-0.2, -0.15) is 0 Å². The Bertz CT molecular complexity index is 721. The molecule has 0 radical (unpaired) electrons. The van der Waals surface area contributed by atoms with Gasteiger partial charge in [-0.3, -0.25) is 0 Å². The topological polar surface area (TPSA) is 46.5 Å².